The van der Waals surface area contributed by atoms with Gasteiger partial charge in [-0.1, -0.05) is 55.8 Å². The summed E-state index contributed by atoms with van der Waals surface area (Å²) >= 11 is 0. The van der Waals surface area contributed by atoms with Crippen LogP contribution >= 0.6 is 0 Å². The maximum atomic E-state index is 13.6. The third-order valence-electron chi connectivity index (χ3n) is 9.00. The number of hydrogen-bond acceptors (Lipinski definition) is 4. The normalized spacial score (nSPS) is 28.3. The highest BCUT2D eigenvalue weighted by atomic mass is 16.5. The molecule has 2 heterocycles. The van der Waals surface area contributed by atoms with Crippen molar-refractivity contribution in [3.63, 3.8) is 0 Å². The van der Waals surface area contributed by atoms with Crippen LogP contribution in [0.1, 0.15) is 45.1 Å². The number of methoxy groups -OCH3 is 1. The second kappa shape index (κ2) is 8.55. The molecule has 1 aromatic rings. The average molecular weight is 452 g/mol. The number of urea groups is 1. The lowest BCUT2D eigenvalue weighted by molar-refractivity contribution is -0.136. The number of carbonyl (C=O) groups is 2. The van der Waals surface area contributed by atoms with E-state index in [9.17, 15) is 9.59 Å². The predicted octanol–water partition coefficient (Wildman–Crippen LogP) is 3.92. The topological polar surface area (TPSA) is 53.1 Å². The lowest BCUT2D eigenvalue weighted by Crippen LogP contribution is -2.57. The molecule has 0 N–H and O–H groups in total. The van der Waals surface area contributed by atoms with Crippen molar-refractivity contribution in [1.82, 2.24) is 14.7 Å². The molecule has 0 unspecified atom stereocenters. The van der Waals surface area contributed by atoms with Crippen LogP contribution < -0.4 is 0 Å². The molecule has 2 bridgehead atoms. The zero-order valence-electron chi connectivity index (χ0n) is 20.3. The second-order valence-corrected chi connectivity index (χ2v) is 10.9. The minimum absolute atomic E-state index is 0.0417. The number of benzene rings is 1. The smallest absolute Gasteiger partial charge is 0.328 e. The van der Waals surface area contributed by atoms with Crippen molar-refractivity contribution in [3.05, 3.63) is 47.5 Å². The summed E-state index contributed by atoms with van der Waals surface area (Å²) in [6.07, 6.45) is 6.41. The molecule has 1 saturated carbocycles. The Morgan fingerprint density at radius 2 is 1.79 bits per heavy atom. The van der Waals surface area contributed by atoms with Crippen molar-refractivity contribution < 1.29 is 14.3 Å². The van der Waals surface area contributed by atoms with Crippen molar-refractivity contribution in [3.8, 4) is 0 Å². The first-order chi connectivity index (χ1) is 15.9. The molecular weight excluding hydrogens is 414 g/mol. The number of piperidine rings is 1. The molecular formula is C27H37N3O3. The number of carbonyl (C=O) groups excluding carboxylic acids is 2. The number of fused-ring (bicyclic) bond motifs is 1. The molecule has 178 valence electrons. The van der Waals surface area contributed by atoms with E-state index in [1.165, 1.54) is 17.7 Å². The van der Waals surface area contributed by atoms with Crippen LogP contribution in [0.15, 0.2) is 42.0 Å². The lowest BCUT2D eigenvalue weighted by Gasteiger charge is -2.57. The monoisotopic (exact) mass is 451 g/mol. The van der Waals surface area contributed by atoms with E-state index >= 15 is 0 Å². The maximum absolute atomic E-state index is 13.6. The van der Waals surface area contributed by atoms with Gasteiger partial charge in [0.05, 0.1) is 13.2 Å². The van der Waals surface area contributed by atoms with Crippen LogP contribution in [0.25, 0.3) is 0 Å². The van der Waals surface area contributed by atoms with Crippen molar-refractivity contribution in [2.75, 3.05) is 39.9 Å². The Balaban J connectivity index is 1.32. The molecule has 3 amide bonds. The van der Waals surface area contributed by atoms with E-state index in [1.807, 2.05) is 35.2 Å². The third-order valence-corrected chi connectivity index (χ3v) is 9.00. The first kappa shape index (κ1) is 22.6. The molecule has 3 fully saturated rings. The van der Waals surface area contributed by atoms with E-state index in [0.29, 0.717) is 43.9 Å². The van der Waals surface area contributed by atoms with E-state index in [4.69, 9.17) is 4.74 Å². The average Bonchev–Trinajstić information content (AvgIpc) is 3.01. The van der Waals surface area contributed by atoms with Crippen LogP contribution in [-0.2, 0) is 16.1 Å². The molecule has 6 heteroatoms. The van der Waals surface area contributed by atoms with Gasteiger partial charge in [0.1, 0.15) is 5.54 Å². The van der Waals surface area contributed by atoms with Gasteiger partial charge in [-0.2, -0.15) is 0 Å². The highest BCUT2D eigenvalue weighted by Crippen LogP contribution is 2.59. The van der Waals surface area contributed by atoms with Gasteiger partial charge >= 0.3 is 6.03 Å². The maximum Gasteiger partial charge on any atom is 0.328 e. The molecule has 3 aliphatic carbocycles. The summed E-state index contributed by atoms with van der Waals surface area (Å²) in [5.74, 6) is 1.52. The number of rotatable bonds is 7. The van der Waals surface area contributed by atoms with Crippen LogP contribution in [0.5, 0.6) is 0 Å². The molecule has 2 atom stereocenters. The summed E-state index contributed by atoms with van der Waals surface area (Å²) < 4.78 is 5.18. The summed E-state index contributed by atoms with van der Waals surface area (Å²) in [6.45, 7) is 8.68. The molecule has 2 aliphatic heterocycles. The summed E-state index contributed by atoms with van der Waals surface area (Å²) in [5.41, 5.74) is 2.35. The molecule has 1 aromatic carbocycles. The molecule has 2 saturated heterocycles. The van der Waals surface area contributed by atoms with Gasteiger partial charge in [0, 0.05) is 33.3 Å². The van der Waals surface area contributed by atoms with Crippen molar-refractivity contribution in [2.24, 2.45) is 17.3 Å². The van der Waals surface area contributed by atoms with Gasteiger partial charge in [0.25, 0.3) is 5.91 Å². The molecule has 0 aromatic heterocycles. The first-order valence-corrected chi connectivity index (χ1v) is 12.4. The van der Waals surface area contributed by atoms with E-state index in [-0.39, 0.29) is 11.9 Å². The standard InChI is InChI=1S/C27H37N3O3/c1-26(2)22-10-9-21(23(26)17-22)19-28-13-11-27(12-14-28)24(31)29(15-16-33-3)25(32)30(27)18-20-7-5-4-6-8-20/h4-9,22-23H,10-19H2,1-3H3/t22-,23-/m0/s1. The van der Waals surface area contributed by atoms with Crippen LogP contribution in [0.4, 0.5) is 4.79 Å². The van der Waals surface area contributed by atoms with Gasteiger partial charge in [-0.15, -0.1) is 0 Å². The Kier molecular flexibility index (Phi) is 5.86. The number of likely N-dealkylation sites (tertiary alicyclic amines) is 1. The van der Waals surface area contributed by atoms with Crippen LogP contribution in [-0.4, -0.2) is 72.1 Å². The van der Waals surface area contributed by atoms with Crippen molar-refractivity contribution in [1.29, 1.82) is 0 Å². The van der Waals surface area contributed by atoms with Gasteiger partial charge in [-0.25, -0.2) is 4.79 Å². The molecule has 33 heavy (non-hydrogen) atoms. The zero-order valence-corrected chi connectivity index (χ0v) is 20.3. The largest absolute Gasteiger partial charge is 0.383 e. The first-order valence-electron chi connectivity index (χ1n) is 12.4. The Bertz CT molecular complexity index is 933. The minimum Gasteiger partial charge on any atom is -0.383 e. The zero-order chi connectivity index (χ0) is 23.2. The molecule has 0 radical (unpaired) electrons. The van der Waals surface area contributed by atoms with E-state index in [1.54, 1.807) is 12.7 Å². The quantitative estimate of drug-likeness (QED) is 0.466. The Morgan fingerprint density at radius 1 is 1.06 bits per heavy atom. The summed E-state index contributed by atoms with van der Waals surface area (Å²) in [7, 11) is 1.60. The number of amides is 3. The number of nitrogens with zero attached hydrogens (tertiary/aromatic N) is 3. The van der Waals surface area contributed by atoms with E-state index < -0.39 is 5.54 Å². The Labute approximate surface area is 197 Å². The number of imide groups is 1. The van der Waals surface area contributed by atoms with Crippen LogP contribution in [0.3, 0.4) is 0 Å². The van der Waals surface area contributed by atoms with Crippen molar-refractivity contribution in [2.45, 2.75) is 51.6 Å². The molecule has 5 aliphatic rings. The van der Waals surface area contributed by atoms with Crippen molar-refractivity contribution >= 4 is 11.9 Å². The molecule has 6 nitrogen and oxygen atoms in total. The number of allylic oxidation sites excluding steroid dienone is 1. The Hall–Kier alpha value is -2.18. The van der Waals surface area contributed by atoms with Gasteiger partial charge in [-0.05, 0) is 48.5 Å². The van der Waals surface area contributed by atoms with Gasteiger partial charge < -0.3 is 9.64 Å². The van der Waals surface area contributed by atoms with E-state index in [2.05, 4.69) is 24.8 Å². The Morgan fingerprint density at radius 3 is 2.42 bits per heavy atom. The minimum atomic E-state index is -0.737. The summed E-state index contributed by atoms with van der Waals surface area (Å²) in [6, 6.07) is 9.83. The van der Waals surface area contributed by atoms with E-state index in [0.717, 1.165) is 31.1 Å². The summed E-state index contributed by atoms with van der Waals surface area (Å²) in [4.78, 5) is 32.8. The van der Waals surface area contributed by atoms with Crippen LogP contribution in [0, 0.1) is 17.3 Å². The fourth-order valence-corrected chi connectivity index (χ4v) is 6.63. The SMILES string of the molecule is COCCN1C(=O)N(Cc2ccccc2)C2(CCN(CC3=CC[C@H]4C[C@@H]3C4(C)C)CC2)C1=O. The summed E-state index contributed by atoms with van der Waals surface area (Å²) in [5, 5.41) is 0. The fourth-order valence-electron chi connectivity index (χ4n) is 6.63. The lowest BCUT2D eigenvalue weighted by atomic mass is 9.49. The highest BCUT2D eigenvalue weighted by molar-refractivity contribution is 6.07. The van der Waals surface area contributed by atoms with Gasteiger partial charge in [-0.3, -0.25) is 14.6 Å². The number of hydrogen-bond donors (Lipinski definition) is 0. The fraction of sp³-hybridized carbons (Fsp3) is 0.630. The third kappa shape index (κ3) is 3.71. The second-order valence-electron chi connectivity index (χ2n) is 10.9. The van der Waals surface area contributed by atoms with Crippen LogP contribution in [0.2, 0.25) is 0 Å². The predicted molar refractivity (Wildman–Crippen MR) is 127 cm³/mol. The molecule has 1 spiro atoms. The van der Waals surface area contributed by atoms with Gasteiger partial charge in [0.2, 0.25) is 0 Å². The molecule has 6 rings (SSSR count). The highest BCUT2D eigenvalue weighted by Gasteiger charge is 2.58. The van der Waals surface area contributed by atoms with Gasteiger partial charge in [0.15, 0.2) is 0 Å². The number of ether oxygens (including phenoxy) is 1.